The molecule has 0 radical (unpaired) electrons. The van der Waals surface area contributed by atoms with Gasteiger partial charge in [0.2, 0.25) is 0 Å². The van der Waals surface area contributed by atoms with Crippen molar-refractivity contribution in [3.05, 3.63) is 59.7 Å². The Morgan fingerprint density at radius 2 is 1.26 bits per heavy atom. The van der Waals surface area contributed by atoms with Crippen LogP contribution in [0.3, 0.4) is 0 Å². The van der Waals surface area contributed by atoms with Crippen LogP contribution in [0.1, 0.15) is 53.8 Å². The lowest BCUT2D eigenvalue weighted by Gasteiger charge is -2.40. The minimum Gasteiger partial charge on any atom is -0.461 e. The molecule has 2 aliphatic rings. The number of esters is 1. The first-order valence-corrected chi connectivity index (χ1v) is 11.0. The number of ether oxygens (including phenoxy) is 3. The molecule has 0 unspecified atom stereocenters. The SMILES string of the molecule is CCC1(COC(=O)c2ccc(-c3ccc(C(=O)CC4(CC)COC4)cc3)cc2)COC1. The third-order valence-electron chi connectivity index (χ3n) is 6.84. The Kier molecular flexibility index (Phi) is 6.26. The second-order valence-electron chi connectivity index (χ2n) is 9.02. The van der Waals surface area contributed by atoms with Crippen LogP contribution >= 0.6 is 0 Å². The number of ketones is 1. The summed E-state index contributed by atoms with van der Waals surface area (Å²) in [5.74, 6) is -0.145. The lowest BCUT2D eigenvalue weighted by Crippen LogP contribution is -2.46. The summed E-state index contributed by atoms with van der Waals surface area (Å²) in [5.41, 5.74) is 3.26. The van der Waals surface area contributed by atoms with Crippen molar-refractivity contribution in [3.8, 4) is 11.1 Å². The maximum Gasteiger partial charge on any atom is 0.338 e. The van der Waals surface area contributed by atoms with Gasteiger partial charge < -0.3 is 14.2 Å². The average Bonchev–Trinajstić information content (AvgIpc) is 2.76. The Morgan fingerprint density at radius 3 is 1.68 bits per heavy atom. The second-order valence-corrected chi connectivity index (χ2v) is 9.02. The molecule has 0 atom stereocenters. The number of carbonyl (C=O) groups excluding carboxylic acids is 2. The van der Waals surface area contributed by atoms with Crippen molar-refractivity contribution in [1.29, 1.82) is 0 Å². The van der Waals surface area contributed by atoms with Crippen LogP contribution in [-0.2, 0) is 14.2 Å². The summed E-state index contributed by atoms with van der Waals surface area (Å²) in [6.07, 6.45) is 2.43. The number of hydrogen-bond donors (Lipinski definition) is 0. The topological polar surface area (TPSA) is 61.8 Å². The van der Waals surface area contributed by atoms with E-state index in [9.17, 15) is 9.59 Å². The molecule has 0 aliphatic carbocycles. The van der Waals surface area contributed by atoms with Crippen molar-refractivity contribution in [1.82, 2.24) is 0 Å². The monoisotopic (exact) mass is 422 g/mol. The van der Waals surface area contributed by atoms with Gasteiger partial charge in [-0.25, -0.2) is 4.79 Å². The van der Waals surface area contributed by atoms with Gasteiger partial charge in [-0.3, -0.25) is 4.79 Å². The lowest BCUT2D eigenvalue weighted by molar-refractivity contribution is -0.140. The van der Waals surface area contributed by atoms with E-state index in [1.54, 1.807) is 12.1 Å². The van der Waals surface area contributed by atoms with Gasteiger partial charge in [-0.1, -0.05) is 50.2 Å². The van der Waals surface area contributed by atoms with Crippen LogP contribution in [-0.4, -0.2) is 44.8 Å². The van der Waals surface area contributed by atoms with E-state index in [1.165, 1.54) is 0 Å². The molecule has 0 bridgehead atoms. The van der Waals surface area contributed by atoms with Crippen molar-refractivity contribution in [2.24, 2.45) is 10.8 Å². The summed E-state index contributed by atoms with van der Waals surface area (Å²) < 4.78 is 16.1. The maximum atomic E-state index is 12.6. The van der Waals surface area contributed by atoms with Crippen molar-refractivity contribution in [3.63, 3.8) is 0 Å². The first-order valence-electron chi connectivity index (χ1n) is 11.0. The average molecular weight is 423 g/mol. The van der Waals surface area contributed by atoms with Crippen LogP contribution in [0.25, 0.3) is 11.1 Å². The molecular weight excluding hydrogens is 392 g/mol. The van der Waals surface area contributed by atoms with Crippen molar-refractivity contribution in [2.45, 2.75) is 33.1 Å². The highest BCUT2D eigenvalue weighted by molar-refractivity contribution is 5.97. The first-order chi connectivity index (χ1) is 15.0. The Bertz CT molecular complexity index is 910. The highest BCUT2D eigenvalue weighted by atomic mass is 16.5. The van der Waals surface area contributed by atoms with Gasteiger partial charge in [0.15, 0.2) is 5.78 Å². The van der Waals surface area contributed by atoms with Gasteiger partial charge in [0.25, 0.3) is 0 Å². The van der Waals surface area contributed by atoms with Crippen LogP contribution < -0.4 is 0 Å². The molecule has 5 heteroatoms. The molecular formula is C26H30O5. The molecule has 31 heavy (non-hydrogen) atoms. The van der Waals surface area contributed by atoms with Gasteiger partial charge in [-0.2, -0.15) is 0 Å². The maximum absolute atomic E-state index is 12.6. The summed E-state index contributed by atoms with van der Waals surface area (Å²) in [5, 5.41) is 0. The zero-order valence-corrected chi connectivity index (χ0v) is 18.3. The molecule has 2 saturated heterocycles. The Balaban J connectivity index is 1.36. The number of benzene rings is 2. The molecule has 0 spiro atoms. The Labute approximate surface area is 183 Å². The summed E-state index contributed by atoms with van der Waals surface area (Å²) in [4.78, 5) is 25.0. The molecule has 2 heterocycles. The van der Waals surface area contributed by atoms with Crippen molar-refractivity contribution < 1.29 is 23.8 Å². The molecule has 2 aliphatic heterocycles. The molecule has 0 N–H and O–H groups in total. The normalized spacial score (nSPS) is 18.5. The van der Waals surface area contributed by atoms with Crippen LogP contribution in [0.4, 0.5) is 0 Å². The van der Waals surface area contributed by atoms with Crippen LogP contribution in [0.5, 0.6) is 0 Å². The fraction of sp³-hybridized carbons (Fsp3) is 0.462. The minimum atomic E-state index is -0.308. The highest BCUT2D eigenvalue weighted by Gasteiger charge is 2.39. The van der Waals surface area contributed by atoms with E-state index in [1.807, 2.05) is 36.4 Å². The molecule has 2 fully saturated rings. The molecule has 4 rings (SSSR count). The van der Waals surface area contributed by atoms with E-state index >= 15 is 0 Å². The fourth-order valence-electron chi connectivity index (χ4n) is 3.99. The molecule has 0 saturated carbocycles. The molecule has 2 aromatic carbocycles. The number of rotatable bonds is 9. The summed E-state index contributed by atoms with van der Waals surface area (Å²) in [6.45, 7) is 7.26. The number of carbonyl (C=O) groups is 2. The van der Waals surface area contributed by atoms with Crippen LogP contribution in [0.2, 0.25) is 0 Å². The molecule has 5 nitrogen and oxygen atoms in total. The summed E-state index contributed by atoms with van der Waals surface area (Å²) in [7, 11) is 0. The van der Waals surface area contributed by atoms with Crippen molar-refractivity contribution >= 4 is 11.8 Å². The van der Waals surface area contributed by atoms with Gasteiger partial charge in [0, 0.05) is 17.4 Å². The largest absolute Gasteiger partial charge is 0.461 e. The van der Waals surface area contributed by atoms with E-state index in [-0.39, 0.29) is 22.6 Å². The van der Waals surface area contributed by atoms with E-state index in [0.717, 1.165) is 29.5 Å². The predicted molar refractivity (Wildman–Crippen MR) is 118 cm³/mol. The molecule has 164 valence electrons. The van der Waals surface area contributed by atoms with Crippen LogP contribution in [0, 0.1) is 10.8 Å². The van der Waals surface area contributed by atoms with Gasteiger partial charge >= 0.3 is 5.97 Å². The quantitative estimate of drug-likeness (QED) is 0.423. The minimum absolute atomic E-state index is 0.0165. The number of hydrogen-bond acceptors (Lipinski definition) is 5. The van der Waals surface area contributed by atoms with E-state index in [2.05, 4.69) is 13.8 Å². The van der Waals surface area contributed by atoms with Crippen LogP contribution in [0.15, 0.2) is 48.5 Å². The fourth-order valence-corrected chi connectivity index (χ4v) is 3.99. The van der Waals surface area contributed by atoms with Gasteiger partial charge in [-0.05, 0) is 36.1 Å². The van der Waals surface area contributed by atoms with E-state index < -0.39 is 0 Å². The highest BCUT2D eigenvalue weighted by Crippen LogP contribution is 2.36. The van der Waals surface area contributed by atoms with E-state index in [0.29, 0.717) is 45.0 Å². The number of Topliss-reactive ketones (excluding diaryl/α,β-unsaturated/α-hetero) is 1. The predicted octanol–water partition coefficient (Wildman–Crippen LogP) is 4.94. The third-order valence-corrected chi connectivity index (χ3v) is 6.84. The van der Waals surface area contributed by atoms with Crippen molar-refractivity contribution in [2.75, 3.05) is 33.0 Å². The lowest BCUT2D eigenvalue weighted by atomic mass is 9.77. The Hall–Kier alpha value is -2.50. The zero-order chi connectivity index (χ0) is 21.9. The van der Waals surface area contributed by atoms with E-state index in [4.69, 9.17) is 14.2 Å². The zero-order valence-electron chi connectivity index (χ0n) is 18.3. The summed E-state index contributed by atoms with van der Waals surface area (Å²) in [6, 6.07) is 15.1. The second kappa shape index (κ2) is 8.93. The smallest absolute Gasteiger partial charge is 0.338 e. The van der Waals surface area contributed by atoms with Gasteiger partial charge in [0.05, 0.1) is 37.4 Å². The third kappa shape index (κ3) is 4.58. The standard InChI is InChI=1S/C26H30O5/c1-3-25(14-29-15-25)13-23(27)21-9-5-19(6-10-21)20-7-11-22(12-8-20)24(28)31-18-26(4-2)16-30-17-26/h5-12H,3-4,13-18H2,1-2H3. The molecule has 2 aromatic rings. The van der Waals surface area contributed by atoms with Gasteiger partial charge in [0.1, 0.15) is 6.61 Å². The Morgan fingerprint density at radius 1 is 0.774 bits per heavy atom. The summed E-state index contributed by atoms with van der Waals surface area (Å²) >= 11 is 0. The molecule has 0 aromatic heterocycles. The van der Waals surface area contributed by atoms with Gasteiger partial charge in [-0.15, -0.1) is 0 Å². The molecule has 0 amide bonds. The first kappa shape index (κ1) is 21.7.